The van der Waals surface area contributed by atoms with E-state index in [0.29, 0.717) is 13.2 Å². The van der Waals surface area contributed by atoms with Crippen LogP contribution in [-0.2, 0) is 24.0 Å². The van der Waals surface area contributed by atoms with Gasteiger partial charge in [0.15, 0.2) is 5.34 Å². The summed E-state index contributed by atoms with van der Waals surface area (Å²) in [5.74, 6) is 0. The average molecular weight is 284 g/mol. The van der Waals surface area contributed by atoms with Crippen LogP contribution in [0.25, 0.3) is 0 Å². The molecule has 0 aliphatic carbocycles. The Bertz CT molecular complexity index is 479. The molecule has 5 heteroatoms. The van der Waals surface area contributed by atoms with Gasteiger partial charge in [-0.15, -0.1) is 0 Å². The zero-order chi connectivity index (χ0) is 14.1. The Morgan fingerprint density at radius 1 is 1.11 bits per heavy atom. The summed E-state index contributed by atoms with van der Waals surface area (Å²) in [5, 5.41) is -0.923. The van der Waals surface area contributed by atoms with Crippen molar-refractivity contribution in [1.82, 2.24) is 0 Å². The van der Waals surface area contributed by atoms with Crippen molar-refractivity contribution >= 4 is 7.60 Å². The Morgan fingerprint density at radius 2 is 1.63 bits per heavy atom. The lowest BCUT2D eigenvalue weighted by Crippen LogP contribution is -2.21. The van der Waals surface area contributed by atoms with Crippen molar-refractivity contribution < 1.29 is 18.3 Å². The summed E-state index contributed by atoms with van der Waals surface area (Å²) < 4.78 is 29.6. The molecule has 1 aromatic rings. The van der Waals surface area contributed by atoms with Crippen LogP contribution in [-0.4, -0.2) is 18.6 Å². The van der Waals surface area contributed by atoms with Gasteiger partial charge in [-0.2, -0.15) is 0 Å². The summed E-state index contributed by atoms with van der Waals surface area (Å²) in [6, 6.07) is 9.75. The van der Waals surface area contributed by atoms with Crippen LogP contribution >= 0.6 is 7.60 Å². The molecule has 0 spiro atoms. The van der Waals surface area contributed by atoms with E-state index in [-0.39, 0.29) is 0 Å². The highest BCUT2D eigenvalue weighted by Gasteiger charge is 2.76. The number of epoxide rings is 1. The van der Waals surface area contributed by atoms with Gasteiger partial charge in [-0.25, -0.2) is 0 Å². The Hall–Kier alpha value is -0.670. The fourth-order valence-corrected chi connectivity index (χ4v) is 4.59. The first-order valence-corrected chi connectivity index (χ1v) is 8.12. The van der Waals surface area contributed by atoms with E-state index < -0.39 is 18.5 Å². The fourth-order valence-electron chi connectivity index (χ4n) is 2.40. The minimum Gasteiger partial charge on any atom is -0.345 e. The molecule has 0 radical (unpaired) electrons. The van der Waals surface area contributed by atoms with E-state index in [2.05, 4.69) is 0 Å². The van der Waals surface area contributed by atoms with Crippen molar-refractivity contribution in [3.8, 4) is 0 Å². The van der Waals surface area contributed by atoms with Gasteiger partial charge < -0.3 is 13.8 Å². The molecule has 4 nitrogen and oxygen atoms in total. The zero-order valence-electron chi connectivity index (χ0n) is 11.9. The Kier molecular flexibility index (Phi) is 3.90. The monoisotopic (exact) mass is 284 g/mol. The summed E-state index contributed by atoms with van der Waals surface area (Å²) >= 11 is 0. The summed E-state index contributed by atoms with van der Waals surface area (Å²) in [5.41, 5.74) is 0.353. The van der Waals surface area contributed by atoms with Crippen molar-refractivity contribution in [1.29, 1.82) is 0 Å². The fraction of sp³-hybridized carbons (Fsp3) is 0.571. The van der Waals surface area contributed by atoms with Gasteiger partial charge in [0.1, 0.15) is 5.60 Å². The van der Waals surface area contributed by atoms with Gasteiger partial charge in [-0.05, 0) is 33.3 Å². The second kappa shape index (κ2) is 5.02. The molecule has 2 unspecified atom stereocenters. The van der Waals surface area contributed by atoms with Gasteiger partial charge in [-0.1, -0.05) is 30.3 Å². The number of hydrogen-bond acceptors (Lipinski definition) is 4. The first-order chi connectivity index (χ1) is 8.93. The molecule has 0 saturated carbocycles. The lowest BCUT2D eigenvalue weighted by atomic mass is 9.98. The molecule has 106 valence electrons. The number of ether oxygens (including phenoxy) is 1. The maximum Gasteiger partial charge on any atom is 0.365 e. The van der Waals surface area contributed by atoms with E-state index in [1.165, 1.54) is 0 Å². The Balaban J connectivity index is 2.33. The quantitative estimate of drug-likeness (QED) is 0.587. The molecule has 0 amide bonds. The van der Waals surface area contributed by atoms with Gasteiger partial charge in [0.25, 0.3) is 0 Å². The maximum atomic E-state index is 12.9. The van der Waals surface area contributed by atoms with Crippen LogP contribution in [0.5, 0.6) is 0 Å². The molecule has 2 rings (SSSR count). The van der Waals surface area contributed by atoms with Crippen LogP contribution < -0.4 is 0 Å². The molecule has 1 aliphatic heterocycles. The molecule has 19 heavy (non-hydrogen) atoms. The van der Waals surface area contributed by atoms with Gasteiger partial charge in [0.05, 0.1) is 13.2 Å². The molecule has 1 heterocycles. The molecule has 1 aliphatic rings. The molecular formula is C14H21O4P. The Morgan fingerprint density at radius 3 is 2.11 bits per heavy atom. The van der Waals surface area contributed by atoms with E-state index in [0.717, 1.165) is 5.56 Å². The smallest absolute Gasteiger partial charge is 0.345 e. The lowest BCUT2D eigenvalue weighted by molar-refractivity contribution is 0.190. The van der Waals surface area contributed by atoms with Crippen molar-refractivity contribution in [2.24, 2.45) is 0 Å². The van der Waals surface area contributed by atoms with Gasteiger partial charge in [0, 0.05) is 0 Å². The summed E-state index contributed by atoms with van der Waals surface area (Å²) in [6.07, 6.45) is 0. The first-order valence-electron chi connectivity index (χ1n) is 6.58. The largest absolute Gasteiger partial charge is 0.365 e. The molecule has 1 aromatic carbocycles. The van der Waals surface area contributed by atoms with Crippen LogP contribution in [0.4, 0.5) is 0 Å². The third-order valence-electron chi connectivity index (χ3n) is 3.69. The van der Waals surface area contributed by atoms with Crippen molar-refractivity contribution in [2.45, 2.75) is 38.6 Å². The summed E-state index contributed by atoms with van der Waals surface area (Å²) in [6.45, 7) is 8.00. The summed E-state index contributed by atoms with van der Waals surface area (Å²) in [7, 11) is -3.30. The summed E-state index contributed by atoms with van der Waals surface area (Å²) in [4.78, 5) is 0. The van der Waals surface area contributed by atoms with Gasteiger partial charge >= 0.3 is 7.60 Å². The highest BCUT2D eigenvalue weighted by Crippen LogP contribution is 2.77. The molecule has 2 atom stereocenters. The van der Waals surface area contributed by atoms with E-state index in [1.54, 1.807) is 20.8 Å². The number of rotatable bonds is 6. The maximum absolute atomic E-state index is 12.9. The average Bonchev–Trinajstić information content (AvgIpc) is 2.97. The number of hydrogen-bond donors (Lipinski definition) is 0. The van der Waals surface area contributed by atoms with Crippen LogP contribution in [0.2, 0.25) is 0 Å². The van der Waals surface area contributed by atoms with Crippen molar-refractivity contribution in [3.63, 3.8) is 0 Å². The predicted molar refractivity (Wildman–Crippen MR) is 74.1 cm³/mol. The van der Waals surface area contributed by atoms with E-state index in [9.17, 15) is 4.57 Å². The topological polar surface area (TPSA) is 48.1 Å². The molecule has 1 fully saturated rings. The predicted octanol–water partition coefficient (Wildman–Crippen LogP) is 3.91. The normalized spacial score (nSPS) is 30.3. The SMILES string of the molecule is CCOP(=O)(OCC)C1(C)OC1(C)c1ccccc1. The highest BCUT2D eigenvalue weighted by molar-refractivity contribution is 7.55. The minimum absolute atomic E-state index is 0.334. The second-order valence-corrected chi connectivity index (χ2v) is 7.18. The minimum atomic E-state index is -3.30. The highest BCUT2D eigenvalue weighted by atomic mass is 31.2. The van der Waals surface area contributed by atoms with Crippen LogP contribution in [0, 0.1) is 0 Å². The van der Waals surface area contributed by atoms with E-state index >= 15 is 0 Å². The van der Waals surface area contributed by atoms with Crippen molar-refractivity contribution in [2.75, 3.05) is 13.2 Å². The van der Waals surface area contributed by atoms with Gasteiger partial charge in [-0.3, -0.25) is 4.57 Å². The van der Waals surface area contributed by atoms with Crippen LogP contribution in [0.3, 0.4) is 0 Å². The number of benzene rings is 1. The molecule has 0 aromatic heterocycles. The molecule has 0 bridgehead atoms. The second-order valence-electron chi connectivity index (χ2n) is 4.82. The van der Waals surface area contributed by atoms with E-state index in [4.69, 9.17) is 13.8 Å². The lowest BCUT2D eigenvalue weighted by Gasteiger charge is -2.23. The van der Waals surface area contributed by atoms with Crippen molar-refractivity contribution in [3.05, 3.63) is 35.9 Å². The Labute approximate surface area is 114 Å². The van der Waals surface area contributed by atoms with Gasteiger partial charge in [0.2, 0.25) is 0 Å². The van der Waals surface area contributed by atoms with E-state index in [1.807, 2.05) is 37.3 Å². The first kappa shape index (κ1) is 14.7. The third kappa shape index (κ3) is 2.17. The zero-order valence-corrected chi connectivity index (χ0v) is 12.8. The van der Waals surface area contributed by atoms with Crippen LogP contribution in [0.15, 0.2) is 30.3 Å². The molecule has 1 saturated heterocycles. The third-order valence-corrected chi connectivity index (χ3v) is 6.45. The molecular weight excluding hydrogens is 263 g/mol. The molecule has 0 N–H and O–H groups in total. The van der Waals surface area contributed by atoms with Crippen LogP contribution in [0.1, 0.15) is 33.3 Å². The standard InChI is InChI=1S/C14H21O4P/c1-5-16-19(15,17-6-2)14(4)13(3,18-14)12-10-8-7-9-11-12/h7-11H,5-6H2,1-4H3.